The van der Waals surface area contributed by atoms with E-state index in [4.69, 9.17) is 0 Å². The van der Waals surface area contributed by atoms with Crippen LogP contribution in [0.4, 0.5) is 5.69 Å². The molecule has 0 spiro atoms. The molecule has 0 aliphatic carbocycles. The maximum atomic E-state index is 13.1. The van der Waals surface area contributed by atoms with Gasteiger partial charge in [0, 0.05) is 20.2 Å². The van der Waals surface area contributed by atoms with Gasteiger partial charge in [-0.15, -0.1) is 0 Å². The molecule has 3 aromatic carbocycles. The van der Waals surface area contributed by atoms with E-state index in [2.05, 4.69) is 31.9 Å². The van der Waals surface area contributed by atoms with Gasteiger partial charge in [-0.3, -0.25) is 9.69 Å². The van der Waals surface area contributed by atoms with Crippen molar-refractivity contribution in [2.75, 3.05) is 4.90 Å². The molecule has 0 bridgehead atoms. The highest BCUT2D eigenvalue weighted by molar-refractivity contribution is 9.10. The van der Waals surface area contributed by atoms with Crippen LogP contribution in [0, 0.1) is 6.92 Å². The smallest absolute Gasteiger partial charge is 0.294 e. The molecule has 1 aliphatic rings. The molecule has 1 aliphatic heterocycles. The highest BCUT2D eigenvalue weighted by atomic mass is 79.9. The second kappa shape index (κ2) is 7.57. The van der Waals surface area contributed by atoms with E-state index in [0.29, 0.717) is 5.57 Å². The first-order chi connectivity index (χ1) is 13.5. The Morgan fingerprint density at radius 2 is 1.54 bits per heavy atom. The molecule has 0 radical (unpaired) electrons. The Labute approximate surface area is 180 Å². The molecule has 0 fully saturated rings. The number of amides is 1. The average Bonchev–Trinajstić information content (AvgIpc) is 2.95. The molecule has 1 heterocycles. The molecule has 140 valence electrons. The predicted molar refractivity (Wildman–Crippen MR) is 119 cm³/mol. The number of rotatable bonds is 3. The number of nitrogens with zero attached hydrogens (tertiary/aromatic N) is 1. The van der Waals surface area contributed by atoms with Gasteiger partial charge in [0.05, 0.1) is 6.04 Å². The first-order valence-corrected chi connectivity index (χ1v) is 10.4. The molecule has 28 heavy (non-hydrogen) atoms. The van der Waals surface area contributed by atoms with Crippen LogP contribution in [-0.2, 0) is 4.79 Å². The maximum absolute atomic E-state index is 13.1. The summed E-state index contributed by atoms with van der Waals surface area (Å²) in [7, 11) is 0. The van der Waals surface area contributed by atoms with Crippen molar-refractivity contribution >= 4 is 49.0 Å². The van der Waals surface area contributed by atoms with Crippen molar-refractivity contribution < 1.29 is 9.90 Å². The molecule has 3 aromatic rings. The molecule has 1 amide bonds. The first kappa shape index (κ1) is 19.0. The van der Waals surface area contributed by atoms with E-state index in [0.717, 1.165) is 31.3 Å². The Bertz CT molecular complexity index is 1070. The third-order valence-electron chi connectivity index (χ3n) is 4.88. The SMILES string of the molecule is Cc1ccc(C2=C(O)C(=O)N(c3ccc(Br)cc3)[C@H]2c2ccccc2Br)cc1. The quantitative estimate of drug-likeness (QED) is 0.443. The number of halogens is 2. The number of aryl methyl sites for hydroxylation is 1. The summed E-state index contributed by atoms with van der Waals surface area (Å²) in [6, 6.07) is 22.7. The molecule has 0 saturated heterocycles. The summed E-state index contributed by atoms with van der Waals surface area (Å²) in [4.78, 5) is 14.8. The van der Waals surface area contributed by atoms with Crippen LogP contribution in [0.5, 0.6) is 0 Å². The van der Waals surface area contributed by atoms with Crippen LogP contribution in [-0.4, -0.2) is 11.0 Å². The lowest BCUT2D eigenvalue weighted by Crippen LogP contribution is -2.30. The zero-order chi connectivity index (χ0) is 19.8. The van der Waals surface area contributed by atoms with Gasteiger partial charge in [0.2, 0.25) is 0 Å². The topological polar surface area (TPSA) is 40.5 Å². The van der Waals surface area contributed by atoms with Gasteiger partial charge in [0.1, 0.15) is 0 Å². The molecule has 5 heteroatoms. The van der Waals surface area contributed by atoms with Crippen molar-refractivity contribution in [1.29, 1.82) is 0 Å². The van der Waals surface area contributed by atoms with E-state index in [9.17, 15) is 9.90 Å². The highest BCUT2D eigenvalue weighted by Gasteiger charge is 2.42. The summed E-state index contributed by atoms with van der Waals surface area (Å²) in [5, 5.41) is 10.9. The van der Waals surface area contributed by atoms with Gasteiger partial charge >= 0.3 is 0 Å². The normalized spacial score (nSPS) is 16.8. The Balaban J connectivity index is 1.93. The summed E-state index contributed by atoms with van der Waals surface area (Å²) in [5.74, 6) is -0.619. The van der Waals surface area contributed by atoms with Crippen LogP contribution in [0.2, 0.25) is 0 Å². The number of anilines is 1. The van der Waals surface area contributed by atoms with Crippen molar-refractivity contribution in [3.05, 3.63) is 104 Å². The Hall–Kier alpha value is -2.37. The van der Waals surface area contributed by atoms with Gasteiger partial charge in [0.25, 0.3) is 5.91 Å². The predicted octanol–water partition coefficient (Wildman–Crippen LogP) is 6.58. The fraction of sp³-hybridized carbons (Fsp3) is 0.0870. The molecule has 0 aromatic heterocycles. The van der Waals surface area contributed by atoms with E-state index in [-0.39, 0.29) is 5.76 Å². The third kappa shape index (κ3) is 3.29. The van der Waals surface area contributed by atoms with Crippen LogP contribution < -0.4 is 4.90 Å². The van der Waals surface area contributed by atoms with Gasteiger partial charge in [-0.25, -0.2) is 0 Å². The largest absolute Gasteiger partial charge is 0.503 e. The van der Waals surface area contributed by atoms with Gasteiger partial charge in [0.15, 0.2) is 5.76 Å². The number of hydrogen-bond donors (Lipinski definition) is 1. The lowest BCUT2D eigenvalue weighted by atomic mass is 9.93. The fourth-order valence-electron chi connectivity index (χ4n) is 3.49. The summed E-state index contributed by atoms with van der Waals surface area (Å²) < 4.78 is 1.81. The average molecular weight is 499 g/mol. The van der Waals surface area contributed by atoms with Crippen LogP contribution in [0.1, 0.15) is 22.7 Å². The zero-order valence-electron chi connectivity index (χ0n) is 15.1. The van der Waals surface area contributed by atoms with Crippen molar-refractivity contribution in [3.63, 3.8) is 0 Å². The second-order valence-electron chi connectivity index (χ2n) is 6.70. The molecule has 3 nitrogen and oxygen atoms in total. The minimum atomic E-state index is -0.438. The number of carbonyl (C=O) groups excluding carboxylic acids is 1. The molecule has 0 saturated carbocycles. The van der Waals surface area contributed by atoms with E-state index in [1.165, 1.54) is 0 Å². The van der Waals surface area contributed by atoms with Crippen LogP contribution in [0.25, 0.3) is 5.57 Å². The molecule has 1 N–H and O–H groups in total. The summed E-state index contributed by atoms with van der Waals surface area (Å²) in [5.41, 5.74) is 4.20. The van der Waals surface area contributed by atoms with E-state index in [1.54, 1.807) is 4.90 Å². The Kier molecular flexibility index (Phi) is 5.13. The second-order valence-corrected chi connectivity index (χ2v) is 8.47. The lowest BCUT2D eigenvalue weighted by Gasteiger charge is -2.28. The number of carbonyl (C=O) groups is 1. The van der Waals surface area contributed by atoms with Gasteiger partial charge < -0.3 is 5.11 Å². The number of hydrogen-bond acceptors (Lipinski definition) is 2. The standard InChI is InChI=1S/C23H17Br2NO2/c1-14-6-8-15(9-7-14)20-21(18-4-2-3-5-19(18)25)26(23(28)22(20)27)17-12-10-16(24)11-13-17/h2-13,21,27H,1H3/t21-/m0/s1. The maximum Gasteiger partial charge on any atom is 0.294 e. The van der Waals surface area contributed by atoms with E-state index >= 15 is 0 Å². The Morgan fingerprint density at radius 1 is 0.893 bits per heavy atom. The van der Waals surface area contributed by atoms with Crippen LogP contribution in [0.15, 0.2) is 87.5 Å². The first-order valence-electron chi connectivity index (χ1n) is 8.81. The zero-order valence-corrected chi connectivity index (χ0v) is 18.2. The molecular formula is C23H17Br2NO2. The lowest BCUT2D eigenvalue weighted by molar-refractivity contribution is -0.117. The third-order valence-corrected chi connectivity index (χ3v) is 6.13. The van der Waals surface area contributed by atoms with Gasteiger partial charge in [-0.1, -0.05) is 79.9 Å². The molecule has 0 unspecified atom stereocenters. The number of aliphatic hydroxyl groups excluding tert-OH is 1. The van der Waals surface area contributed by atoms with Crippen molar-refractivity contribution in [2.24, 2.45) is 0 Å². The number of aliphatic hydroxyl groups is 1. The van der Waals surface area contributed by atoms with E-state index < -0.39 is 11.9 Å². The highest BCUT2D eigenvalue weighted by Crippen LogP contribution is 2.47. The minimum Gasteiger partial charge on any atom is -0.503 e. The minimum absolute atomic E-state index is 0.215. The van der Waals surface area contributed by atoms with Gasteiger partial charge in [-0.2, -0.15) is 0 Å². The molecule has 4 rings (SSSR count). The summed E-state index contributed by atoms with van der Waals surface area (Å²) in [6.07, 6.45) is 0. The monoisotopic (exact) mass is 497 g/mol. The van der Waals surface area contributed by atoms with Crippen molar-refractivity contribution in [2.45, 2.75) is 13.0 Å². The number of benzene rings is 3. The van der Waals surface area contributed by atoms with Gasteiger partial charge in [-0.05, 0) is 48.4 Å². The van der Waals surface area contributed by atoms with Crippen molar-refractivity contribution in [3.8, 4) is 0 Å². The molecular weight excluding hydrogens is 482 g/mol. The van der Waals surface area contributed by atoms with Crippen LogP contribution >= 0.6 is 31.9 Å². The van der Waals surface area contributed by atoms with Crippen LogP contribution in [0.3, 0.4) is 0 Å². The van der Waals surface area contributed by atoms with Crippen molar-refractivity contribution in [1.82, 2.24) is 0 Å². The molecule has 1 atom stereocenters. The van der Waals surface area contributed by atoms with E-state index in [1.807, 2.05) is 79.7 Å². The summed E-state index contributed by atoms with van der Waals surface area (Å²) >= 11 is 7.06. The summed E-state index contributed by atoms with van der Waals surface area (Å²) in [6.45, 7) is 2.01. The fourth-order valence-corrected chi connectivity index (χ4v) is 4.26. The Morgan fingerprint density at radius 3 is 2.18 bits per heavy atom.